The maximum Gasteiger partial charge on any atom is 0.153 e. The molecule has 9 aromatic rings. The van der Waals surface area contributed by atoms with Gasteiger partial charge in [0, 0.05) is 49.3 Å². The van der Waals surface area contributed by atoms with Crippen molar-refractivity contribution in [1.29, 1.82) is 5.26 Å². The second-order valence-corrected chi connectivity index (χ2v) is 12.8. The molecule has 0 N–H and O–H groups in total. The molecule has 0 radical (unpaired) electrons. The minimum atomic E-state index is 0.222. The first-order chi connectivity index (χ1) is 23.7. The average Bonchev–Trinajstić information content (AvgIpc) is 3.79. The first-order valence-corrected chi connectivity index (χ1v) is 16.5. The number of fused-ring (bicyclic) bond motifs is 9. The maximum absolute atomic E-state index is 9.53. The number of furan rings is 1. The molecule has 1 atom stereocenters. The molecule has 3 heterocycles. The molecule has 1 aliphatic rings. The molecule has 0 saturated carbocycles. The first kappa shape index (κ1) is 26.9. The van der Waals surface area contributed by atoms with Crippen molar-refractivity contribution in [3.63, 3.8) is 0 Å². The maximum atomic E-state index is 9.53. The van der Waals surface area contributed by atoms with Gasteiger partial charge in [-0.3, -0.25) is 0 Å². The van der Waals surface area contributed by atoms with E-state index in [1.165, 1.54) is 55.1 Å². The molecule has 0 amide bonds. The lowest BCUT2D eigenvalue weighted by Crippen LogP contribution is -2.13. The van der Waals surface area contributed by atoms with Crippen LogP contribution in [0.15, 0.2) is 144 Å². The van der Waals surface area contributed by atoms with E-state index in [1.54, 1.807) is 6.07 Å². The van der Waals surface area contributed by atoms with Gasteiger partial charge in [-0.1, -0.05) is 91.0 Å². The van der Waals surface area contributed by atoms with E-state index in [9.17, 15) is 5.26 Å². The van der Waals surface area contributed by atoms with Crippen LogP contribution in [0.3, 0.4) is 0 Å². The number of benzene rings is 6. The standard InChI is InChI=1S/C44H29N3O/c45-27-30-8-7-12-36-38-25-29(18-23-43(38)48-44(30)36)24-28-16-19-31(20-17-28)46-41-15-6-3-11-35(41)37-26-32(21-22-42(37)46)47-39-13-4-1-9-33(39)34-10-2-5-14-40(34)47/h1-23,25,32H,24,26H2. The van der Waals surface area contributed by atoms with Gasteiger partial charge in [-0.15, -0.1) is 0 Å². The molecule has 48 heavy (non-hydrogen) atoms. The van der Waals surface area contributed by atoms with E-state index in [0.29, 0.717) is 11.1 Å². The van der Waals surface area contributed by atoms with E-state index in [2.05, 4.69) is 137 Å². The van der Waals surface area contributed by atoms with Gasteiger partial charge in [0.25, 0.3) is 0 Å². The number of hydrogen-bond acceptors (Lipinski definition) is 2. The Balaban J connectivity index is 1.01. The van der Waals surface area contributed by atoms with Crippen LogP contribution in [0, 0.1) is 11.3 Å². The summed E-state index contributed by atoms with van der Waals surface area (Å²) in [6.07, 6.45) is 6.47. The summed E-state index contributed by atoms with van der Waals surface area (Å²) in [4.78, 5) is 0. The van der Waals surface area contributed by atoms with Crippen LogP contribution in [0.5, 0.6) is 0 Å². The number of rotatable bonds is 4. The number of aromatic nitrogens is 2. The highest BCUT2D eigenvalue weighted by molar-refractivity contribution is 6.08. The lowest BCUT2D eigenvalue weighted by atomic mass is 9.96. The largest absolute Gasteiger partial charge is 0.455 e. The van der Waals surface area contributed by atoms with Gasteiger partial charge in [0.05, 0.1) is 17.1 Å². The Morgan fingerprint density at radius 3 is 2.06 bits per heavy atom. The molecule has 10 rings (SSSR count). The molecular weight excluding hydrogens is 587 g/mol. The number of nitriles is 1. The van der Waals surface area contributed by atoms with E-state index in [0.717, 1.165) is 34.9 Å². The van der Waals surface area contributed by atoms with Crippen molar-refractivity contribution >= 4 is 60.7 Å². The summed E-state index contributed by atoms with van der Waals surface area (Å²) < 4.78 is 11.0. The zero-order chi connectivity index (χ0) is 31.8. The van der Waals surface area contributed by atoms with Gasteiger partial charge in [0.2, 0.25) is 0 Å². The first-order valence-electron chi connectivity index (χ1n) is 16.5. The minimum Gasteiger partial charge on any atom is -0.455 e. The Hall–Kier alpha value is -6.31. The van der Waals surface area contributed by atoms with Crippen molar-refractivity contribution in [2.45, 2.75) is 18.9 Å². The van der Waals surface area contributed by atoms with Crippen LogP contribution >= 0.6 is 0 Å². The molecule has 3 aromatic heterocycles. The quantitative estimate of drug-likeness (QED) is 0.198. The minimum absolute atomic E-state index is 0.222. The zero-order valence-electron chi connectivity index (χ0n) is 26.1. The Labute approximate surface area is 277 Å². The molecule has 0 fully saturated rings. The normalized spacial score (nSPS) is 14.4. The molecule has 1 unspecified atom stereocenters. The van der Waals surface area contributed by atoms with Gasteiger partial charge in [0.15, 0.2) is 5.58 Å². The lowest BCUT2D eigenvalue weighted by Gasteiger charge is -2.22. The molecule has 0 spiro atoms. The van der Waals surface area contributed by atoms with Gasteiger partial charge in [-0.25, -0.2) is 0 Å². The van der Waals surface area contributed by atoms with Gasteiger partial charge >= 0.3 is 0 Å². The van der Waals surface area contributed by atoms with Crippen molar-refractivity contribution in [3.8, 4) is 11.8 Å². The van der Waals surface area contributed by atoms with Crippen molar-refractivity contribution in [2.24, 2.45) is 0 Å². The molecule has 0 saturated heterocycles. The van der Waals surface area contributed by atoms with E-state index >= 15 is 0 Å². The molecule has 226 valence electrons. The molecule has 0 bridgehead atoms. The van der Waals surface area contributed by atoms with E-state index < -0.39 is 0 Å². The second kappa shape index (κ2) is 10.4. The second-order valence-electron chi connectivity index (χ2n) is 12.8. The third-order valence-corrected chi connectivity index (χ3v) is 10.1. The number of hydrogen-bond donors (Lipinski definition) is 0. The van der Waals surface area contributed by atoms with E-state index in [1.807, 2.05) is 18.2 Å². The van der Waals surface area contributed by atoms with Crippen LogP contribution in [0.2, 0.25) is 0 Å². The Morgan fingerprint density at radius 2 is 1.31 bits per heavy atom. The Morgan fingerprint density at radius 1 is 0.646 bits per heavy atom. The highest BCUT2D eigenvalue weighted by Crippen LogP contribution is 2.40. The third kappa shape index (κ3) is 3.95. The topological polar surface area (TPSA) is 46.8 Å². The number of allylic oxidation sites excluding steroid dienone is 1. The van der Waals surface area contributed by atoms with Crippen LogP contribution in [-0.4, -0.2) is 9.13 Å². The van der Waals surface area contributed by atoms with Crippen LogP contribution in [-0.2, 0) is 12.8 Å². The van der Waals surface area contributed by atoms with Crippen molar-refractivity contribution in [2.75, 3.05) is 0 Å². The van der Waals surface area contributed by atoms with Crippen LogP contribution in [0.4, 0.5) is 0 Å². The molecule has 4 nitrogen and oxygen atoms in total. The Bertz CT molecular complexity index is 2750. The van der Waals surface area contributed by atoms with Crippen LogP contribution < -0.4 is 0 Å². The monoisotopic (exact) mass is 615 g/mol. The average molecular weight is 616 g/mol. The van der Waals surface area contributed by atoms with Gasteiger partial charge in [-0.05, 0) is 84.1 Å². The third-order valence-electron chi connectivity index (χ3n) is 10.1. The van der Waals surface area contributed by atoms with E-state index in [-0.39, 0.29) is 6.04 Å². The predicted molar refractivity (Wildman–Crippen MR) is 196 cm³/mol. The summed E-state index contributed by atoms with van der Waals surface area (Å²) in [6.45, 7) is 0. The summed E-state index contributed by atoms with van der Waals surface area (Å²) in [5.41, 5.74) is 12.1. The van der Waals surface area contributed by atoms with Crippen molar-refractivity contribution < 1.29 is 4.42 Å². The highest BCUT2D eigenvalue weighted by atomic mass is 16.3. The number of nitrogens with zero attached hydrogens (tertiary/aromatic N) is 3. The van der Waals surface area contributed by atoms with E-state index in [4.69, 9.17) is 4.42 Å². The zero-order valence-corrected chi connectivity index (χ0v) is 26.1. The van der Waals surface area contributed by atoms with Gasteiger partial charge in [-0.2, -0.15) is 5.26 Å². The van der Waals surface area contributed by atoms with Gasteiger partial charge in [0.1, 0.15) is 11.7 Å². The fourth-order valence-corrected chi connectivity index (χ4v) is 8.00. The van der Waals surface area contributed by atoms with Crippen molar-refractivity contribution in [3.05, 3.63) is 167 Å². The molecule has 1 aliphatic carbocycles. The smallest absolute Gasteiger partial charge is 0.153 e. The SMILES string of the molecule is N#Cc1cccc2c1oc1ccc(Cc3ccc(-n4c5c(c6ccccc64)CC(n4c6ccccc6c6ccccc64)C=C5)cc3)cc12. The summed E-state index contributed by atoms with van der Waals surface area (Å²) >= 11 is 0. The van der Waals surface area contributed by atoms with Crippen LogP contribution in [0.1, 0.15) is 34.0 Å². The molecule has 4 heteroatoms. The molecular formula is C44H29N3O. The highest BCUT2D eigenvalue weighted by Gasteiger charge is 2.25. The summed E-state index contributed by atoms with van der Waals surface area (Å²) in [5, 5.41) is 15.5. The summed E-state index contributed by atoms with van der Waals surface area (Å²) in [5.74, 6) is 0. The predicted octanol–water partition coefficient (Wildman–Crippen LogP) is 10.9. The summed E-state index contributed by atoms with van der Waals surface area (Å²) in [7, 11) is 0. The number of para-hydroxylation sites is 4. The van der Waals surface area contributed by atoms with Gasteiger partial charge < -0.3 is 13.6 Å². The molecule has 0 aliphatic heterocycles. The molecule has 6 aromatic carbocycles. The summed E-state index contributed by atoms with van der Waals surface area (Å²) in [6, 6.07) is 49.9. The Kier molecular flexibility index (Phi) is 5.79. The fraction of sp³-hybridized carbons (Fsp3) is 0.0682. The fourth-order valence-electron chi connectivity index (χ4n) is 8.00. The van der Waals surface area contributed by atoms with Crippen LogP contribution in [0.25, 0.3) is 66.4 Å². The lowest BCUT2D eigenvalue weighted by molar-refractivity contribution is 0.636. The van der Waals surface area contributed by atoms with Crippen molar-refractivity contribution in [1.82, 2.24) is 9.13 Å².